The van der Waals surface area contributed by atoms with Crippen LogP contribution in [0.5, 0.6) is 5.75 Å². The number of ether oxygens (including phenoxy) is 3. The largest absolute Gasteiger partial charge is 0.465 e. The second kappa shape index (κ2) is 9.35. The maximum absolute atomic E-state index is 11.5. The van der Waals surface area contributed by atoms with Gasteiger partial charge in [-0.3, -0.25) is 9.59 Å². The molecule has 1 aliphatic rings. The summed E-state index contributed by atoms with van der Waals surface area (Å²) >= 11 is 1.97. The van der Waals surface area contributed by atoms with Crippen molar-refractivity contribution >= 4 is 40.2 Å². The Morgan fingerprint density at radius 1 is 1.36 bits per heavy atom. The number of alkyl halides is 1. The average molecular weight is 463 g/mol. The second-order valence-corrected chi connectivity index (χ2v) is 7.69. The van der Waals surface area contributed by atoms with E-state index in [2.05, 4.69) is 5.32 Å². The molecule has 2 N–H and O–H groups in total. The molecule has 0 aromatic heterocycles. The van der Waals surface area contributed by atoms with Gasteiger partial charge in [-0.2, -0.15) is 0 Å². The van der Waals surface area contributed by atoms with Gasteiger partial charge in [-0.1, -0.05) is 22.6 Å². The number of hydrogen-bond acceptors (Lipinski definition) is 6. The molecule has 0 radical (unpaired) electrons. The third-order valence-corrected chi connectivity index (χ3v) is 4.12. The predicted octanol–water partition coefficient (Wildman–Crippen LogP) is 2.26. The lowest BCUT2D eigenvalue weighted by atomic mass is 10.1. The number of rotatable bonds is 6. The summed E-state index contributed by atoms with van der Waals surface area (Å²) in [6, 6.07) is 6.92. The highest BCUT2D eigenvalue weighted by molar-refractivity contribution is 14.1. The molecule has 1 aliphatic heterocycles. The Bertz CT molecular complexity index is 591. The quantitative estimate of drug-likeness (QED) is 0.382. The molecule has 1 saturated heterocycles. The molecule has 0 bridgehead atoms. The minimum Gasteiger partial charge on any atom is -0.465 e. The van der Waals surface area contributed by atoms with E-state index in [9.17, 15) is 14.7 Å². The van der Waals surface area contributed by atoms with E-state index in [-0.39, 0.29) is 22.4 Å². The smallest absolute Gasteiger partial charge is 0.318 e. The first kappa shape index (κ1) is 19.9. The molecule has 0 aliphatic carbocycles. The van der Waals surface area contributed by atoms with E-state index in [0.29, 0.717) is 24.3 Å². The van der Waals surface area contributed by atoms with E-state index in [1.54, 1.807) is 31.2 Å². The van der Waals surface area contributed by atoms with Gasteiger partial charge in [0.2, 0.25) is 5.91 Å². The lowest BCUT2D eigenvalue weighted by molar-refractivity contribution is -0.202. The van der Waals surface area contributed by atoms with Crippen molar-refractivity contribution in [2.24, 2.45) is 0 Å². The van der Waals surface area contributed by atoms with Crippen molar-refractivity contribution in [1.29, 1.82) is 0 Å². The Balaban J connectivity index is 1.87. The van der Waals surface area contributed by atoms with Gasteiger partial charge in [-0.05, 0) is 37.6 Å². The van der Waals surface area contributed by atoms with Crippen molar-refractivity contribution in [3.8, 4) is 5.75 Å². The molecule has 0 saturated carbocycles. The summed E-state index contributed by atoms with van der Waals surface area (Å²) in [6.07, 6.45) is -0.815. The van der Waals surface area contributed by atoms with Crippen LogP contribution >= 0.6 is 22.6 Å². The summed E-state index contributed by atoms with van der Waals surface area (Å²) in [5.41, 5.74) is 0.678. The number of aliphatic hydroxyl groups is 1. The maximum atomic E-state index is 11.5. The fourth-order valence-corrected chi connectivity index (χ4v) is 2.51. The molecule has 1 unspecified atom stereocenters. The zero-order valence-electron chi connectivity index (χ0n) is 14.1. The average Bonchev–Trinajstić information content (AvgIpc) is 2.56. The molecule has 1 aromatic carbocycles. The van der Waals surface area contributed by atoms with Gasteiger partial charge in [-0.15, -0.1) is 0 Å². The fourth-order valence-electron chi connectivity index (χ4n) is 2.33. The Morgan fingerprint density at radius 3 is 2.64 bits per heavy atom. The van der Waals surface area contributed by atoms with E-state index in [0.717, 1.165) is 0 Å². The summed E-state index contributed by atoms with van der Waals surface area (Å²) in [5, 5.41) is 12.7. The Morgan fingerprint density at radius 2 is 2.04 bits per heavy atom. The normalized spacial score (nSPS) is 24.2. The lowest BCUT2D eigenvalue weighted by Crippen LogP contribution is -2.44. The molecular weight excluding hydrogens is 441 g/mol. The summed E-state index contributed by atoms with van der Waals surface area (Å²) < 4.78 is 16.3. The number of carbonyl (C=O) groups excluding carboxylic acids is 2. The first-order valence-corrected chi connectivity index (χ1v) is 9.28. The van der Waals surface area contributed by atoms with Crippen molar-refractivity contribution in [1.82, 2.24) is 0 Å². The fraction of sp³-hybridized carbons (Fsp3) is 0.529. The van der Waals surface area contributed by atoms with Crippen LogP contribution in [0, 0.1) is 0 Å². The number of carbonyl (C=O) groups is 2. The molecule has 138 valence electrons. The third-order valence-electron chi connectivity index (χ3n) is 3.61. The van der Waals surface area contributed by atoms with Crippen LogP contribution in [0.15, 0.2) is 24.3 Å². The van der Waals surface area contributed by atoms with Crippen molar-refractivity contribution in [2.75, 3.05) is 11.9 Å². The topological polar surface area (TPSA) is 94.1 Å². The van der Waals surface area contributed by atoms with E-state index < -0.39 is 18.5 Å². The van der Waals surface area contributed by atoms with E-state index in [1.165, 1.54) is 6.92 Å². The van der Waals surface area contributed by atoms with Gasteiger partial charge in [0.25, 0.3) is 0 Å². The minimum absolute atomic E-state index is 0.00529. The monoisotopic (exact) mass is 463 g/mol. The molecule has 1 heterocycles. The first-order valence-electron chi connectivity index (χ1n) is 8.03. The van der Waals surface area contributed by atoms with E-state index >= 15 is 0 Å². The molecule has 1 aromatic rings. The molecular formula is C17H22INO6. The molecule has 7 nitrogen and oxygen atoms in total. The zero-order chi connectivity index (χ0) is 18.4. The van der Waals surface area contributed by atoms with Crippen LogP contribution in [0.1, 0.15) is 26.7 Å². The summed E-state index contributed by atoms with van der Waals surface area (Å²) in [5.74, 6) is 0.108. The summed E-state index contributed by atoms with van der Waals surface area (Å²) in [6.45, 7) is 3.17. The van der Waals surface area contributed by atoms with Crippen molar-refractivity contribution < 1.29 is 28.9 Å². The standard InChI is InChI=1S/C17H22INO6/c1-10(18)17(22)23-9-15-14(21)7-8-16(25-15)24-13-5-3-12(4-6-13)19-11(2)20/h3-6,10,14-16,21H,7-9H2,1-2H3,(H,19,20)/t10?,14-,15+,16-/m0/s1. The number of halogens is 1. The van der Waals surface area contributed by atoms with Crippen molar-refractivity contribution in [3.05, 3.63) is 24.3 Å². The van der Waals surface area contributed by atoms with Gasteiger partial charge in [0, 0.05) is 19.0 Å². The van der Waals surface area contributed by atoms with E-state index in [1.807, 2.05) is 22.6 Å². The van der Waals surface area contributed by atoms with Gasteiger partial charge in [0.1, 0.15) is 22.4 Å². The molecule has 8 heteroatoms. The number of amides is 1. The number of anilines is 1. The number of aliphatic hydroxyl groups excluding tert-OH is 1. The summed E-state index contributed by atoms with van der Waals surface area (Å²) in [7, 11) is 0. The Labute approximate surface area is 160 Å². The number of esters is 1. The molecule has 0 spiro atoms. The second-order valence-electron chi connectivity index (χ2n) is 5.82. The number of hydrogen-bond donors (Lipinski definition) is 2. The zero-order valence-corrected chi connectivity index (χ0v) is 16.3. The highest BCUT2D eigenvalue weighted by Crippen LogP contribution is 2.24. The minimum atomic E-state index is -0.695. The van der Waals surface area contributed by atoms with Gasteiger partial charge >= 0.3 is 5.97 Å². The lowest BCUT2D eigenvalue weighted by Gasteiger charge is -2.33. The van der Waals surface area contributed by atoms with Crippen LogP contribution in [0.4, 0.5) is 5.69 Å². The first-order chi connectivity index (χ1) is 11.8. The van der Waals surface area contributed by atoms with Crippen LogP contribution in [-0.4, -0.2) is 46.0 Å². The maximum Gasteiger partial charge on any atom is 0.318 e. The van der Waals surface area contributed by atoms with Crippen LogP contribution in [-0.2, 0) is 19.1 Å². The van der Waals surface area contributed by atoms with Crippen LogP contribution < -0.4 is 10.1 Å². The number of nitrogens with one attached hydrogen (secondary N) is 1. The van der Waals surface area contributed by atoms with Gasteiger partial charge < -0.3 is 24.6 Å². The Hall–Kier alpha value is -1.39. The van der Waals surface area contributed by atoms with Gasteiger partial charge in [0.15, 0.2) is 6.29 Å². The highest BCUT2D eigenvalue weighted by Gasteiger charge is 2.32. The summed E-state index contributed by atoms with van der Waals surface area (Å²) in [4.78, 5) is 22.6. The van der Waals surface area contributed by atoms with E-state index in [4.69, 9.17) is 14.2 Å². The van der Waals surface area contributed by atoms with Crippen LogP contribution in [0.2, 0.25) is 0 Å². The molecule has 1 amide bonds. The van der Waals surface area contributed by atoms with Gasteiger partial charge in [0.05, 0.1) is 6.10 Å². The molecule has 1 fully saturated rings. The van der Waals surface area contributed by atoms with Crippen LogP contribution in [0.3, 0.4) is 0 Å². The molecule has 25 heavy (non-hydrogen) atoms. The third kappa shape index (κ3) is 6.44. The SMILES string of the molecule is CC(=O)Nc1ccc(O[C@@H]2CC[C@H](O)[C@@H](COC(=O)C(C)I)O2)cc1. The highest BCUT2D eigenvalue weighted by atomic mass is 127. The molecule has 4 atom stereocenters. The predicted molar refractivity (Wildman–Crippen MR) is 99.7 cm³/mol. The van der Waals surface area contributed by atoms with Crippen molar-refractivity contribution in [3.63, 3.8) is 0 Å². The molecule has 2 rings (SSSR count). The Kier molecular flexibility index (Phi) is 7.45. The van der Waals surface area contributed by atoms with Crippen molar-refractivity contribution in [2.45, 2.75) is 49.1 Å². The van der Waals surface area contributed by atoms with Gasteiger partial charge in [-0.25, -0.2) is 0 Å². The number of benzene rings is 1. The van der Waals surface area contributed by atoms with Crippen LogP contribution in [0.25, 0.3) is 0 Å².